The Morgan fingerprint density at radius 3 is 2.12 bits per heavy atom. The highest BCUT2D eigenvalue weighted by Crippen LogP contribution is 2.31. The molecule has 0 spiro atoms. The van der Waals surface area contributed by atoms with Crippen LogP contribution in [-0.2, 0) is 11.3 Å². The molecular weight excluding hydrogens is 220 g/mol. The number of nitrogens with zero attached hydrogens (tertiary/aromatic N) is 1. The van der Waals surface area contributed by atoms with Gasteiger partial charge in [0.2, 0.25) is 6.08 Å². The zero-order valence-electron chi connectivity index (χ0n) is 8.71. The molecule has 0 unspecified atom stereocenters. The minimum absolute atomic E-state index is 0.172. The van der Waals surface area contributed by atoms with E-state index < -0.39 is 18.2 Å². The lowest BCUT2D eigenvalue weighted by molar-refractivity contribution is 0.353. The summed E-state index contributed by atoms with van der Waals surface area (Å²) in [6.07, 6.45) is 1.21. The van der Waals surface area contributed by atoms with Crippen LogP contribution in [0.1, 0.15) is 5.56 Å². The Labute approximate surface area is 90.5 Å². The highest BCUT2D eigenvalue weighted by atomic mass is 19.1. The third-order valence-electron chi connectivity index (χ3n) is 1.97. The number of ether oxygens (including phenoxy) is 2. The van der Waals surface area contributed by atoms with Crippen molar-refractivity contribution in [3.63, 3.8) is 0 Å². The molecule has 86 valence electrons. The van der Waals surface area contributed by atoms with Crippen LogP contribution in [0.5, 0.6) is 11.5 Å². The number of halogens is 2. The molecule has 0 heterocycles. The first kappa shape index (κ1) is 12.1. The summed E-state index contributed by atoms with van der Waals surface area (Å²) < 4.78 is 36.5. The monoisotopic (exact) mass is 229 g/mol. The summed E-state index contributed by atoms with van der Waals surface area (Å²) >= 11 is 0. The van der Waals surface area contributed by atoms with Crippen molar-refractivity contribution in [2.24, 2.45) is 4.99 Å². The molecule has 0 N–H and O–H groups in total. The first-order chi connectivity index (χ1) is 7.65. The lowest BCUT2D eigenvalue weighted by Crippen LogP contribution is -2.01. The van der Waals surface area contributed by atoms with Crippen LogP contribution in [0.15, 0.2) is 11.1 Å². The maximum absolute atomic E-state index is 13.6. The fraction of sp³-hybridized carbons (Fsp3) is 0.300. The second-order valence-corrected chi connectivity index (χ2v) is 2.80. The highest BCUT2D eigenvalue weighted by Gasteiger charge is 2.19. The number of hydrogen-bond donors (Lipinski definition) is 0. The van der Waals surface area contributed by atoms with Crippen molar-refractivity contribution in [1.82, 2.24) is 0 Å². The van der Waals surface area contributed by atoms with E-state index >= 15 is 0 Å². The number of carbonyl (C=O) groups excluding carboxylic acids is 1. The van der Waals surface area contributed by atoms with Gasteiger partial charge in [0.1, 0.15) is 0 Å². The topological polar surface area (TPSA) is 47.9 Å². The molecule has 4 nitrogen and oxygen atoms in total. The van der Waals surface area contributed by atoms with Crippen molar-refractivity contribution in [3.05, 3.63) is 23.3 Å². The van der Waals surface area contributed by atoms with Gasteiger partial charge in [0.05, 0.1) is 26.3 Å². The molecule has 1 aromatic rings. The number of methoxy groups -OCH3 is 2. The van der Waals surface area contributed by atoms with Gasteiger partial charge in [-0.3, -0.25) is 0 Å². The number of hydrogen-bond acceptors (Lipinski definition) is 4. The molecule has 0 saturated carbocycles. The first-order valence-corrected chi connectivity index (χ1v) is 4.28. The fourth-order valence-corrected chi connectivity index (χ4v) is 1.19. The highest BCUT2D eigenvalue weighted by molar-refractivity contribution is 5.43. The predicted molar refractivity (Wildman–Crippen MR) is 51.3 cm³/mol. The van der Waals surface area contributed by atoms with E-state index in [1.54, 1.807) is 0 Å². The zero-order valence-corrected chi connectivity index (χ0v) is 8.71. The van der Waals surface area contributed by atoms with Crippen LogP contribution in [0.4, 0.5) is 8.78 Å². The minimum atomic E-state index is -0.903. The average Bonchev–Trinajstić information content (AvgIpc) is 2.29. The maximum Gasteiger partial charge on any atom is 0.235 e. The molecule has 0 aliphatic rings. The molecular formula is C10H9F2NO3. The molecule has 0 radical (unpaired) electrons. The minimum Gasteiger partial charge on any atom is -0.494 e. The molecule has 0 fully saturated rings. The number of isocyanates is 1. The summed E-state index contributed by atoms with van der Waals surface area (Å²) in [6.45, 7) is -0.450. The Morgan fingerprint density at radius 1 is 1.25 bits per heavy atom. The van der Waals surface area contributed by atoms with Crippen LogP contribution in [-0.4, -0.2) is 20.3 Å². The van der Waals surface area contributed by atoms with E-state index in [2.05, 4.69) is 4.99 Å². The molecule has 0 atom stereocenters. The predicted octanol–water partition coefficient (Wildman–Crippen LogP) is 1.82. The maximum atomic E-state index is 13.6. The molecule has 1 rings (SSSR count). The lowest BCUT2D eigenvalue weighted by Gasteiger charge is -2.10. The van der Waals surface area contributed by atoms with Gasteiger partial charge in [-0.25, -0.2) is 18.6 Å². The van der Waals surface area contributed by atoms with Gasteiger partial charge in [0.15, 0.2) is 23.1 Å². The largest absolute Gasteiger partial charge is 0.494 e. The van der Waals surface area contributed by atoms with Gasteiger partial charge in [-0.15, -0.1) is 0 Å². The second kappa shape index (κ2) is 5.23. The van der Waals surface area contributed by atoms with Crippen molar-refractivity contribution in [2.75, 3.05) is 14.2 Å². The Kier molecular flexibility index (Phi) is 3.96. The zero-order chi connectivity index (χ0) is 12.1. The van der Waals surface area contributed by atoms with Gasteiger partial charge in [-0.05, 0) is 0 Å². The summed E-state index contributed by atoms with van der Waals surface area (Å²) in [5.41, 5.74) is -0.389. The van der Waals surface area contributed by atoms with Gasteiger partial charge in [-0.1, -0.05) is 0 Å². The third kappa shape index (κ3) is 2.17. The molecule has 0 saturated heterocycles. The summed E-state index contributed by atoms with van der Waals surface area (Å²) in [5, 5.41) is 0. The summed E-state index contributed by atoms with van der Waals surface area (Å²) in [7, 11) is 2.48. The van der Waals surface area contributed by atoms with Crippen molar-refractivity contribution in [3.8, 4) is 11.5 Å². The molecule has 0 aromatic heterocycles. The Balaban J connectivity index is 3.36. The fourth-order valence-electron chi connectivity index (χ4n) is 1.19. The van der Waals surface area contributed by atoms with E-state index in [-0.39, 0.29) is 17.1 Å². The Morgan fingerprint density at radius 2 is 1.75 bits per heavy atom. The summed E-state index contributed by atoms with van der Waals surface area (Å²) in [4.78, 5) is 13.0. The van der Waals surface area contributed by atoms with Crippen molar-refractivity contribution >= 4 is 6.08 Å². The van der Waals surface area contributed by atoms with Gasteiger partial charge in [0, 0.05) is 6.07 Å². The van der Waals surface area contributed by atoms with Gasteiger partial charge in [-0.2, -0.15) is 0 Å². The molecule has 1 aromatic carbocycles. The third-order valence-corrected chi connectivity index (χ3v) is 1.97. The van der Waals surface area contributed by atoms with Crippen LogP contribution in [0.25, 0.3) is 0 Å². The van der Waals surface area contributed by atoms with Crippen LogP contribution in [0.2, 0.25) is 0 Å². The first-order valence-electron chi connectivity index (χ1n) is 4.28. The number of benzene rings is 1. The molecule has 0 bridgehead atoms. The molecule has 16 heavy (non-hydrogen) atoms. The smallest absolute Gasteiger partial charge is 0.235 e. The molecule has 6 heteroatoms. The molecule has 0 aliphatic heterocycles. The van der Waals surface area contributed by atoms with E-state index in [0.717, 1.165) is 6.07 Å². The van der Waals surface area contributed by atoms with E-state index in [9.17, 15) is 13.6 Å². The number of aliphatic imine (C=N–C) groups is 1. The second-order valence-electron chi connectivity index (χ2n) is 2.80. The normalized spacial score (nSPS) is 9.50. The summed E-state index contributed by atoms with van der Waals surface area (Å²) in [6, 6.07) is 1.08. The van der Waals surface area contributed by atoms with E-state index in [1.807, 2.05) is 0 Å². The van der Waals surface area contributed by atoms with Crippen molar-refractivity contribution in [2.45, 2.75) is 6.54 Å². The molecule has 0 aliphatic carbocycles. The quantitative estimate of drug-likeness (QED) is 0.584. The van der Waals surface area contributed by atoms with Crippen LogP contribution >= 0.6 is 0 Å². The Hall–Kier alpha value is -1.94. The van der Waals surface area contributed by atoms with Gasteiger partial charge < -0.3 is 9.47 Å². The van der Waals surface area contributed by atoms with Gasteiger partial charge >= 0.3 is 0 Å². The summed E-state index contributed by atoms with van der Waals surface area (Å²) in [5.74, 6) is -2.15. The lowest BCUT2D eigenvalue weighted by atomic mass is 10.1. The molecule has 0 amide bonds. The SMILES string of the molecule is COc1cc(OC)c(F)c(CN=C=O)c1F. The van der Waals surface area contributed by atoms with E-state index in [0.29, 0.717) is 0 Å². The van der Waals surface area contributed by atoms with Crippen LogP contribution in [0.3, 0.4) is 0 Å². The Bertz CT molecular complexity index is 414. The number of rotatable bonds is 4. The van der Waals surface area contributed by atoms with Crippen LogP contribution in [0, 0.1) is 11.6 Å². The average molecular weight is 229 g/mol. The van der Waals surface area contributed by atoms with E-state index in [1.165, 1.54) is 20.3 Å². The van der Waals surface area contributed by atoms with Crippen molar-refractivity contribution < 1.29 is 23.0 Å². The van der Waals surface area contributed by atoms with Gasteiger partial charge in [0.25, 0.3) is 0 Å². The van der Waals surface area contributed by atoms with Crippen molar-refractivity contribution in [1.29, 1.82) is 0 Å². The van der Waals surface area contributed by atoms with E-state index in [4.69, 9.17) is 9.47 Å². The standard InChI is InChI=1S/C10H9F2NO3/c1-15-7-3-8(16-2)10(12)6(9(7)11)4-13-5-14/h3H,4H2,1-2H3. The van der Waals surface area contributed by atoms with Crippen LogP contribution < -0.4 is 9.47 Å².